The van der Waals surface area contributed by atoms with Gasteiger partial charge in [0.05, 0.1) is 24.9 Å². The van der Waals surface area contributed by atoms with Crippen molar-refractivity contribution < 1.29 is 19.2 Å². The van der Waals surface area contributed by atoms with Crippen LogP contribution >= 0.6 is 15.9 Å². The zero-order chi connectivity index (χ0) is 19.5. The minimum absolute atomic E-state index is 0.0286. The van der Waals surface area contributed by atoms with E-state index in [9.17, 15) is 9.90 Å². The zero-order valence-corrected chi connectivity index (χ0v) is 17.0. The number of quaternary nitrogens is 1. The van der Waals surface area contributed by atoms with Gasteiger partial charge in [0.2, 0.25) is 5.88 Å². The van der Waals surface area contributed by atoms with Crippen molar-refractivity contribution in [2.75, 3.05) is 13.1 Å². The average Bonchev–Trinajstić information content (AvgIpc) is 3.21. The SMILES string of the molecule is O=C(N=Nc1c(O)n(C[NH+]2CCCCCC2)c2ccc(Br)cc12)c1ccco1. The van der Waals surface area contributed by atoms with Gasteiger partial charge >= 0.3 is 5.91 Å². The summed E-state index contributed by atoms with van der Waals surface area (Å²) in [4.78, 5) is 13.5. The fraction of sp³-hybridized carbons (Fsp3) is 0.350. The van der Waals surface area contributed by atoms with Gasteiger partial charge in [0, 0.05) is 9.86 Å². The smallest absolute Gasteiger partial charge is 0.331 e. The summed E-state index contributed by atoms with van der Waals surface area (Å²) in [5.74, 6) is -0.443. The Morgan fingerprint density at radius 2 is 2.00 bits per heavy atom. The summed E-state index contributed by atoms with van der Waals surface area (Å²) in [6.45, 7) is 2.83. The molecule has 0 saturated carbocycles. The minimum atomic E-state index is -0.585. The Morgan fingerprint density at radius 3 is 2.71 bits per heavy atom. The van der Waals surface area contributed by atoms with Gasteiger partial charge < -0.3 is 14.4 Å². The molecule has 0 aliphatic carbocycles. The number of aromatic nitrogens is 1. The molecule has 0 unspecified atom stereocenters. The maximum absolute atomic E-state index is 12.1. The average molecular weight is 446 g/mol. The predicted molar refractivity (Wildman–Crippen MR) is 108 cm³/mol. The third kappa shape index (κ3) is 3.88. The number of azo groups is 1. The van der Waals surface area contributed by atoms with E-state index in [1.807, 2.05) is 22.8 Å². The number of carbonyl (C=O) groups excluding carboxylic acids is 1. The summed E-state index contributed by atoms with van der Waals surface area (Å²) >= 11 is 3.47. The van der Waals surface area contributed by atoms with E-state index in [4.69, 9.17) is 4.42 Å². The lowest BCUT2D eigenvalue weighted by Gasteiger charge is -2.18. The van der Waals surface area contributed by atoms with Crippen LogP contribution in [0.25, 0.3) is 10.9 Å². The quantitative estimate of drug-likeness (QED) is 0.594. The number of nitrogens with zero attached hydrogens (tertiary/aromatic N) is 3. The second-order valence-corrected chi connectivity index (χ2v) is 7.98. The summed E-state index contributed by atoms with van der Waals surface area (Å²) in [7, 11) is 0. The topological polar surface area (TPSA) is 84.5 Å². The monoisotopic (exact) mass is 445 g/mol. The summed E-state index contributed by atoms with van der Waals surface area (Å²) in [6.07, 6.45) is 6.34. The van der Waals surface area contributed by atoms with E-state index in [0.717, 1.165) is 28.5 Å². The van der Waals surface area contributed by atoms with Crippen LogP contribution in [-0.2, 0) is 6.67 Å². The van der Waals surface area contributed by atoms with Gasteiger partial charge in [-0.2, -0.15) is 0 Å². The lowest BCUT2D eigenvalue weighted by Crippen LogP contribution is -3.11. The molecule has 7 nitrogen and oxygen atoms in total. The Labute approximate surface area is 170 Å². The summed E-state index contributed by atoms with van der Waals surface area (Å²) in [6, 6.07) is 8.92. The van der Waals surface area contributed by atoms with E-state index >= 15 is 0 Å². The third-order valence-electron chi connectivity index (χ3n) is 5.14. The maximum Gasteiger partial charge on any atom is 0.331 e. The van der Waals surface area contributed by atoms with Crippen molar-refractivity contribution >= 4 is 38.4 Å². The largest absolute Gasteiger partial charge is 0.493 e. The lowest BCUT2D eigenvalue weighted by atomic mass is 10.2. The molecule has 4 rings (SSSR count). The van der Waals surface area contributed by atoms with Crippen molar-refractivity contribution in [3.8, 4) is 5.88 Å². The molecule has 1 amide bonds. The molecule has 2 aromatic heterocycles. The molecular formula is C20H22BrN4O3+. The Kier molecular flexibility index (Phi) is 5.59. The molecule has 0 bridgehead atoms. The van der Waals surface area contributed by atoms with E-state index < -0.39 is 5.91 Å². The molecule has 1 aliphatic rings. The predicted octanol–water partition coefficient (Wildman–Crippen LogP) is 4.04. The molecule has 3 heterocycles. The lowest BCUT2D eigenvalue weighted by molar-refractivity contribution is -0.921. The number of carbonyl (C=O) groups is 1. The first-order valence-corrected chi connectivity index (χ1v) is 10.3. The van der Waals surface area contributed by atoms with Gasteiger partial charge in [-0.25, -0.2) is 0 Å². The summed E-state index contributed by atoms with van der Waals surface area (Å²) < 4.78 is 7.79. The van der Waals surface area contributed by atoms with E-state index in [-0.39, 0.29) is 11.6 Å². The minimum Gasteiger partial charge on any atom is -0.493 e. The number of hydrogen-bond donors (Lipinski definition) is 2. The zero-order valence-electron chi connectivity index (χ0n) is 15.4. The highest BCUT2D eigenvalue weighted by Gasteiger charge is 2.22. The van der Waals surface area contributed by atoms with Crippen molar-refractivity contribution in [3.05, 3.63) is 46.8 Å². The molecule has 1 fully saturated rings. The van der Waals surface area contributed by atoms with Crippen molar-refractivity contribution in [2.45, 2.75) is 32.4 Å². The Morgan fingerprint density at radius 1 is 1.21 bits per heavy atom. The number of halogens is 1. The van der Waals surface area contributed by atoms with Crippen LogP contribution in [0.3, 0.4) is 0 Å². The van der Waals surface area contributed by atoms with E-state index in [2.05, 4.69) is 26.2 Å². The molecule has 1 saturated heterocycles. The van der Waals surface area contributed by atoms with Gasteiger partial charge in [-0.05, 0) is 56.0 Å². The normalized spacial score (nSPS) is 16.0. The fourth-order valence-corrected chi connectivity index (χ4v) is 4.07. The molecule has 28 heavy (non-hydrogen) atoms. The number of fused-ring (bicyclic) bond motifs is 1. The van der Waals surface area contributed by atoms with Crippen LogP contribution in [0.15, 0.2) is 55.7 Å². The first kappa shape index (κ1) is 18.9. The van der Waals surface area contributed by atoms with E-state index in [0.29, 0.717) is 12.4 Å². The number of likely N-dealkylation sites (tertiary alicyclic amines) is 1. The number of furan rings is 1. The molecule has 3 aromatic rings. The molecule has 8 heteroatoms. The molecular weight excluding hydrogens is 424 g/mol. The third-order valence-corrected chi connectivity index (χ3v) is 5.63. The second-order valence-electron chi connectivity index (χ2n) is 7.07. The molecule has 0 atom stereocenters. The number of amides is 1. The standard InChI is InChI=1S/C20H21BrN4O3/c21-14-7-8-16-15(12-14)18(22-23-19(26)17-6-5-11-28-17)20(27)25(16)13-24-9-3-1-2-4-10-24/h5-8,11-12,27H,1-4,9-10,13H2/p+1. The number of rotatable bonds is 4. The van der Waals surface area contributed by atoms with Crippen molar-refractivity contribution in [3.63, 3.8) is 0 Å². The second kappa shape index (κ2) is 8.28. The molecule has 1 aliphatic heterocycles. The van der Waals surface area contributed by atoms with Crippen LogP contribution in [0.2, 0.25) is 0 Å². The van der Waals surface area contributed by atoms with E-state index in [1.54, 1.807) is 6.07 Å². The molecule has 0 spiro atoms. The molecule has 0 radical (unpaired) electrons. The Balaban J connectivity index is 1.70. The van der Waals surface area contributed by atoms with Gasteiger partial charge in [0.25, 0.3) is 0 Å². The fourth-order valence-electron chi connectivity index (χ4n) is 3.71. The molecule has 146 valence electrons. The van der Waals surface area contributed by atoms with Gasteiger partial charge in [-0.1, -0.05) is 15.9 Å². The first-order valence-electron chi connectivity index (χ1n) is 9.47. The first-order chi connectivity index (χ1) is 13.6. The number of nitrogens with one attached hydrogen (secondary N) is 1. The van der Waals surface area contributed by atoms with Crippen LogP contribution < -0.4 is 4.90 Å². The van der Waals surface area contributed by atoms with Crippen LogP contribution in [0.4, 0.5) is 5.69 Å². The van der Waals surface area contributed by atoms with Crippen LogP contribution in [0.5, 0.6) is 5.88 Å². The molecule has 1 aromatic carbocycles. The Hall–Kier alpha value is -2.45. The highest BCUT2D eigenvalue weighted by Crippen LogP contribution is 2.39. The number of benzene rings is 1. The maximum atomic E-state index is 12.1. The van der Waals surface area contributed by atoms with Crippen LogP contribution in [0, 0.1) is 0 Å². The molecule has 2 N–H and O–H groups in total. The summed E-state index contributed by atoms with van der Waals surface area (Å²) in [5, 5.41) is 19.5. The van der Waals surface area contributed by atoms with Gasteiger partial charge in [0.15, 0.2) is 18.1 Å². The number of aromatic hydroxyl groups is 1. The van der Waals surface area contributed by atoms with Crippen molar-refractivity contribution in [1.82, 2.24) is 4.57 Å². The Bertz CT molecular complexity index is 1000. The van der Waals surface area contributed by atoms with Gasteiger partial charge in [-0.15, -0.1) is 10.2 Å². The summed E-state index contributed by atoms with van der Waals surface area (Å²) in [5.41, 5.74) is 1.17. The highest BCUT2D eigenvalue weighted by molar-refractivity contribution is 9.10. The van der Waals surface area contributed by atoms with Crippen LogP contribution in [-0.4, -0.2) is 28.7 Å². The highest BCUT2D eigenvalue weighted by atomic mass is 79.9. The van der Waals surface area contributed by atoms with Gasteiger partial charge in [-0.3, -0.25) is 9.36 Å². The van der Waals surface area contributed by atoms with Crippen LogP contribution in [0.1, 0.15) is 36.2 Å². The van der Waals surface area contributed by atoms with Crippen molar-refractivity contribution in [1.29, 1.82) is 0 Å². The van der Waals surface area contributed by atoms with Crippen molar-refractivity contribution in [2.24, 2.45) is 10.2 Å². The van der Waals surface area contributed by atoms with E-state index in [1.165, 1.54) is 42.9 Å². The van der Waals surface area contributed by atoms with Gasteiger partial charge in [0.1, 0.15) is 0 Å². The number of hydrogen-bond acceptors (Lipinski definition) is 4.